The van der Waals surface area contributed by atoms with E-state index < -0.39 is 10.8 Å². The molecule has 2 aliphatic heterocycles. The fourth-order valence-corrected chi connectivity index (χ4v) is 5.27. The molecule has 0 radical (unpaired) electrons. The fraction of sp³-hybridized carbons (Fsp3) is 0.391. The molecule has 8 nitrogen and oxygen atoms in total. The van der Waals surface area contributed by atoms with E-state index in [9.17, 15) is 20.0 Å². The quantitative estimate of drug-likeness (QED) is 0.632. The molecular weight excluding hydrogens is 396 g/mol. The number of nitrogens with one attached hydrogen (secondary N) is 1. The predicted octanol–water partition coefficient (Wildman–Crippen LogP) is 2.05. The van der Waals surface area contributed by atoms with Crippen LogP contribution in [0.2, 0.25) is 0 Å². The van der Waals surface area contributed by atoms with Gasteiger partial charge < -0.3 is 19.2 Å². The summed E-state index contributed by atoms with van der Waals surface area (Å²) in [6, 6.07) is 11.3. The van der Waals surface area contributed by atoms with Crippen molar-refractivity contribution in [3.05, 3.63) is 69.4 Å². The number of amides is 1. The number of aromatic nitrogens is 2. The number of rotatable bonds is 3. The van der Waals surface area contributed by atoms with Crippen LogP contribution in [0.1, 0.15) is 48.3 Å². The van der Waals surface area contributed by atoms with Crippen LogP contribution >= 0.6 is 0 Å². The maximum absolute atomic E-state index is 13.5. The van der Waals surface area contributed by atoms with Crippen LogP contribution in [0, 0.1) is 11.1 Å². The van der Waals surface area contributed by atoms with Crippen LogP contribution < -0.4 is 10.8 Å². The van der Waals surface area contributed by atoms with E-state index in [2.05, 4.69) is 18.4 Å². The third-order valence-electron chi connectivity index (χ3n) is 6.67. The highest BCUT2D eigenvalue weighted by molar-refractivity contribution is 6.06. The Hall–Kier alpha value is -2.94. The van der Waals surface area contributed by atoms with Gasteiger partial charge in [-0.15, -0.1) is 0 Å². The molecule has 3 unspecified atom stereocenters. The van der Waals surface area contributed by atoms with Crippen LogP contribution in [0.3, 0.4) is 0 Å². The second kappa shape index (κ2) is 7.33. The lowest BCUT2D eigenvalue weighted by Crippen LogP contribution is -3.00. The maximum Gasteiger partial charge on any atom is 0.315 e. The fourth-order valence-electron chi connectivity index (χ4n) is 5.27. The average Bonchev–Trinajstić information content (AvgIpc) is 3.18. The molecule has 1 amide bonds. The molecule has 0 aliphatic carbocycles. The highest BCUT2D eigenvalue weighted by Crippen LogP contribution is 2.36. The molecule has 2 bridgehead atoms. The number of fused-ring (bicyclic) bond motifs is 5. The highest BCUT2D eigenvalue weighted by atomic mass is 16.8. The molecule has 1 fully saturated rings. The van der Waals surface area contributed by atoms with Crippen molar-refractivity contribution in [1.29, 1.82) is 0 Å². The highest BCUT2D eigenvalue weighted by Gasteiger charge is 2.37. The Morgan fingerprint density at radius 3 is 2.71 bits per heavy atom. The summed E-state index contributed by atoms with van der Waals surface area (Å²) >= 11 is 0. The summed E-state index contributed by atoms with van der Waals surface area (Å²) in [6.45, 7) is 5.79. The molecule has 2 N–H and O–H groups in total. The van der Waals surface area contributed by atoms with Crippen LogP contribution in [0.25, 0.3) is 10.9 Å². The van der Waals surface area contributed by atoms with Crippen molar-refractivity contribution in [2.24, 2.45) is 5.92 Å². The summed E-state index contributed by atoms with van der Waals surface area (Å²) in [7, 11) is 0. The molecule has 1 aromatic carbocycles. The Labute approximate surface area is 179 Å². The Kier molecular flexibility index (Phi) is 4.73. The summed E-state index contributed by atoms with van der Waals surface area (Å²) < 4.78 is 3.77. The minimum Gasteiger partial charge on any atom is -0.595 e. The van der Waals surface area contributed by atoms with E-state index in [1.54, 1.807) is 10.6 Å². The minimum absolute atomic E-state index is 0.0137. The van der Waals surface area contributed by atoms with Gasteiger partial charge in [-0.2, -0.15) is 5.23 Å². The topological polar surface area (TPSA) is 95.0 Å². The molecule has 3 aromatic rings. The summed E-state index contributed by atoms with van der Waals surface area (Å²) in [6.07, 6.45) is 2.93. The lowest BCUT2D eigenvalue weighted by atomic mass is 9.83. The third-order valence-corrected chi connectivity index (χ3v) is 6.67. The van der Waals surface area contributed by atoms with E-state index in [4.69, 9.17) is 0 Å². The van der Waals surface area contributed by atoms with Crippen LogP contribution in [-0.4, -0.2) is 38.2 Å². The first-order valence-corrected chi connectivity index (χ1v) is 10.7. The van der Waals surface area contributed by atoms with Crippen molar-refractivity contribution < 1.29 is 15.2 Å². The zero-order valence-corrected chi connectivity index (χ0v) is 17.6. The molecule has 0 spiro atoms. The van der Waals surface area contributed by atoms with Crippen molar-refractivity contribution in [1.82, 2.24) is 14.0 Å². The second-order valence-electron chi connectivity index (χ2n) is 8.96. The van der Waals surface area contributed by atoms with E-state index in [1.807, 2.05) is 35.4 Å². The van der Waals surface area contributed by atoms with Crippen LogP contribution in [-0.2, 0) is 6.54 Å². The SMILES string of the molecule is CC(C)n1ccc2c(C(=O)N3CC4CC(C3)c3ccc([NH+]([O-])O)c(=O)n3C4)cccc21. The molecule has 8 heteroatoms. The summed E-state index contributed by atoms with van der Waals surface area (Å²) in [5, 5.41) is 20.4. The summed E-state index contributed by atoms with van der Waals surface area (Å²) in [5.74, 6) is 0.183. The Morgan fingerprint density at radius 1 is 1.16 bits per heavy atom. The monoisotopic (exact) mass is 422 g/mol. The average molecular weight is 422 g/mol. The zero-order valence-electron chi connectivity index (χ0n) is 17.6. The van der Waals surface area contributed by atoms with Crippen molar-refractivity contribution in [2.75, 3.05) is 13.1 Å². The number of nitrogens with zero attached hydrogens (tertiary/aromatic N) is 3. The van der Waals surface area contributed by atoms with E-state index in [0.29, 0.717) is 31.2 Å². The first kappa shape index (κ1) is 20.0. The van der Waals surface area contributed by atoms with Gasteiger partial charge in [0.2, 0.25) is 5.69 Å². The van der Waals surface area contributed by atoms with E-state index in [1.165, 1.54) is 6.07 Å². The van der Waals surface area contributed by atoms with Crippen LogP contribution in [0.15, 0.2) is 47.4 Å². The molecule has 4 heterocycles. The number of likely N-dealkylation sites (tertiary alicyclic amines) is 1. The van der Waals surface area contributed by atoms with Gasteiger partial charge in [-0.1, -0.05) is 6.07 Å². The number of carbonyl (C=O) groups is 1. The molecule has 2 aliphatic rings. The number of carbonyl (C=O) groups excluding carboxylic acids is 1. The normalized spacial score (nSPS) is 21.4. The Balaban J connectivity index is 1.47. The van der Waals surface area contributed by atoms with E-state index in [0.717, 1.165) is 23.0 Å². The molecule has 1 saturated heterocycles. The smallest absolute Gasteiger partial charge is 0.315 e. The Bertz CT molecular complexity index is 1230. The number of pyridine rings is 1. The van der Waals surface area contributed by atoms with Crippen molar-refractivity contribution in [3.8, 4) is 0 Å². The molecule has 31 heavy (non-hydrogen) atoms. The van der Waals surface area contributed by atoms with Gasteiger partial charge in [0.05, 0.1) is 0 Å². The number of hydrogen-bond donors (Lipinski definition) is 2. The standard InChI is InChI=1S/C23H26N4O4/c1-14(2)25-9-8-17-18(4-3-5-20(17)25)22(28)24-11-15-10-16(13-24)19-6-7-21(27(30)31)23(29)26(19)12-15/h3-9,14-16,27,30H,10-13H2,1-2H3. The maximum atomic E-state index is 13.5. The van der Waals surface area contributed by atoms with E-state index in [-0.39, 0.29) is 23.4 Å². The van der Waals surface area contributed by atoms with Gasteiger partial charge in [0, 0.05) is 66.0 Å². The van der Waals surface area contributed by atoms with Gasteiger partial charge >= 0.3 is 5.56 Å². The molecule has 0 saturated carbocycles. The van der Waals surface area contributed by atoms with Crippen molar-refractivity contribution in [2.45, 2.75) is 38.8 Å². The Morgan fingerprint density at radius 2 is 1.97 bits per heavy atom. The summed E-state index contributed by atoms with van der Waals surface area (Å²) in [5.41, 5.74) is 1.94. The van der Waals surface area contributed by atoms with Gasteiger partial charge in [0.25, 0.3) is 5.91 Å². The first-order valence-electron chi connectivity index (χ1n) is 10.7. The second-order valence-corrected chi connectivity index (χ2v) is 8.96. The molecule has 3 atom stereocenters. The first-order chi connectivity index (χ1) is 14.8. The van der Waals surface area contributed by atoms with Gasteiger partial charge in [-0.25, -0.2) is 5.21 Å². The number of hydrogen-bond acceptors (Lipinski definition) is 4. The zero-order chi connectivity index (χ0) is 21.9. The lowest BCUT2D eigenvalue weighted by molar-refractivity contribution is -0.992. The van der Waals surface area contributed by atoms with Gasteiger partial charge in [-0.3, -0.25) is 9.59 Å². The predicted molar refractivity (Wildman–Crippen MR) is 116 cm³/mol. The number of benzene rings is 1. The van der Waals surface area contributed by atoms with Gasteiger partial charge in [-0.05, 0) is 50.5 Å². The largest absolute Gasteiger partial charge is 0.595 e. The van der Waals surface area contributed by atoms with Crippen molar-refractivity contribution in [3.63, 3.8) is 0 Å². The van der Waals surface area contributed by atoms with Gasteiger partial charge in [0.15, 0.2) is 0 Å². The molecule has 162 valence electrons. The number of piperidine rings is 1. The van der Waals surface area contributed by atoms with Gasteiger partial charge in [0.1, 0.15) is 0 Å². The third kappa shape index (κ3) is 3.18. The minimum atomic E-state index is -1.20. The van der Waals surface area contributed by atoms with E-state index >= 15 is 0 Å². The lowest BCUT2D eigenvalue weighted by Gasteiger charge is -2.43. The molecule has 2 aromatic heterocycles. The van der Waals surface area contributed by atoms with Crippen molar-refractivity contribution >= 4 is 22.5 Å². The van der Waals surface area contributed by atoms with Crippen LogP contribution in [0.4, 0.5) is 5.69 Å². The summed E-state index contributed by atoms with van der Waals surface area (Å²) in [4.78, 5) is 28.0. The van der Waals surface area contributed by atoms with Crippen LogP contribution in [0.5, 0.6) is 0 Å². The molecule has 5 rings (SSSR count). The number of quaternary nitrogens is 1. The molecular formula is C23H26N4O4.